The van der Waals surface area contributed by atoms with E-state index < -0.39 is 47.1 Å². The number of amides is 1. The zero-order valence-corrected chi connectivity index (χ0v) is 14.1. The molecule has 3 N–H and O–H groups in total. The summed E-state index contributed by atoms with van der Waals surface area (Å²) in [6.07, 6.45) is -5.72. The van der Waals surface area contributed by atoms with Gasteiger partial charge in [0.2, 0.25) is 5.91 Å². The van der Waals surface area contributed by atoms with Crippen LogP contribution in [0.25, 0.3) is 0 Å². The quantitative estimate of drug-likeness (QED) is 0.523. The second-order valence-corrected chi connectivity index (χ2v) is 5.80. The van der Waals surface area contributed by atoms with E-state index in [0.29, 0.717) is 12.1 Å². The van der Waals surface area contributed by atoms with E-state index in [1.807, 2.05) is 0 Å². The third-order valence-electron chi connectivity index (χ3n) is 3.38. The van der Waals surface area contributed by atoms with E-state index in [9.17, 15) is 32.7 Å². The average Bonchev–Trinajstić information content (AvgIpc) is 2.55. The van der Waals surface area contributed by atoms with Gasteiger partial charge in [0, 0.05) is 10.6 Å². The molecule has 1 amide bonds. The van der Waals surface area contributed by atoms with Gasteiger partial charge in [-0.05, 0) is 36.4 Å². The first-order chi connectivity index (χ1) is 12.5. The largest absolute Gasteiger partial charge is 0.507 e. The van der Waals surface area contributed by atoms with Crippen molar-refractivity contribution < 1.29 is 37.8 Å². The predicted molar refractivity (Wildman–Crippen MR) is 88.9 cm³/mol. The number of carboxylic acids is 1. The number of aromatic hydroxyl groups is 1. The molecule has 0 spiro atoms. The number of halogens is 4. The van der Waals surface area contributed by atoms with Gasteiger partial charge in [0.1, 0.15) is 12.2 Å². The lowest BCUT2D eigenvalue weighted by atomic mass is 9.98. The standard InChI is InChI=1S/C17H11ClF3NO5/c18-9-2-4-13(23)11(6-9)16(27)10-5-8(17(19,20)21)1-3-12(10)22-14(24)7-15(25)26/h1-6,23H,7H2,(H,22,24)(H,25,26). The van der Waals surface area contributed by atoms with Gasteiger partial charge in [-0.25, -0.2) is 0 Å². The maximum atomic E-state index is 13.0. The van der Waals surface area contributed by atoms with E-state index in [1.54, 1.807) is 0 Å². The lowest BCUT2D eigenvalue weighted by Gasteiger charge is -2.14. The van der Waals surface area contributed by atoms with Crippen molar-refractivity contribution in [1.82, 2.24) is 0 Å². The number of hydrogen-bond acceptors (Lipinski definition) is 4. The molecular formula is C17H11ClF3NO5. The fourth-order valence-corrected chi connectivity index (χ4v) is 2.36. The molecule has 0 aliphatic heterocycles. The van der Waals surface area contributed by atoms with Gasteiger partial charge in [0.05, 0.1) is 16.8 Å². The van der Waals surface area contributed by atoms with Crippen molar-refractivity contribution in [2.24, 2.45) is 0 Å². The zero-order chi connectivity index (χ0) is 20.4. The van der Waals surface area contributed by atoms with Crippen molar-refractivity contribution in [3.05, 3.63) is 58.1 Å². The number of carboxylic acid groups (broad SMARTS) is 1. The molecule has 0 aliphatic carbocycles. The van der Waals surface area contributed by atoms with E-state index in [1.165, 1.54) is 6.07 Å². The summed E-state index contributed by atoms with van der Waals surface area (Å²) in [6, 6.07) is 5.38. The highest BCUT2D eigenvalue weighted by molar-refractivity contribution is 6.31. The van der Waals surface area contributed by atoms with Crippen molar-refractivity contribution in [1.29, 1.82) is 0 Å². The van der Waals surface area contributed by atoms with Crippen LogP contribution in [-0.2, 0) is 15.8 Å². The number of phenolic OH excluding ortho intramolecular Hbond substituents is 1. The molecule has 2 rings (SSSR count). The second-order valence-electron chi connectivity index (χ2n) is 5.37. The smallest absolute Gasteiger partial charge is 0.416 e. The number of alkyl halides is 3. The topological polar surface area (TPSA) is 104 Å². The number of nitrogens with one attached hydrogen (secondary N) is 1. The Labute approximate surface area is 155 Å². The molecule has 0 radical (unpaired) electrons. The average molecular weight is 402 g/mol. The third-order valence-corrected chi connectivity index (χ3v) is 3.62. The normalized spacial score (nSPS) is 11.1. The number of carbonyl (C=O) groups excluding carboxylic acids is 2. The monoisotopic (exact) mass is 401 g/mol. The summed E-state index contributed by atoms with van der Waals surface area (Å²) < 4.78 is 39.0. The fourth-order valence-electron chi connectivity index (χ4n) is 2.18. The molecule has 0 unspecified atom stereocenters. The molecule has 0 saturated carbocycles. The molecule has 27 heavy (non-hydrogen) atoms. The number of anilines is 1. The minimum absolute atomic E-state index is 0.0552. The van der Waals surface area contributed by atoms with Crippen LogP contribution in [0.2, 0.25) is 5.02 Å². The Kier molecular flexibility index (Phi) is 5.75. The van der Waals surface area contributed by atoms with Crippen LogP contribution in [0, 0.1) is 0 Å². The number of ketones is 1. The van der Waals surface area contributed by atoms with Crippen molar-refractivity contribution >= 4 is 34.9 Å². The van der Waals surface area contributed by atoms with Crippen LogP contribution >= 0.6 is 11.6 Å². The van der Waals surface area contributed by atoms with E-state index in [0.717, 1.165) is 18.2 Å². The molecule has 6 nitrogen and oxygen atoms in total. The van der Waals surface area contributed by atoms with Gasteiger partial charge < -0.3 is 15.5 Å². The number of aliphatic carboxylic acids is 1. The highest BCUT2D eigenvalue weighted by Crippen LogP contribution is 2.34. The van der Waals surface area contributed by atoms with Crippen LogP contribution in [0.4, 0.5) is 18.9 Å². The molecule has 0 aromatic heterocycles. The van der Waals surface area contributed by atoms with Gasteiger partial charge in [-0.2, -0.15) is 13.2 Å². The Morgan fingerprint density at radius 3 is 2.30 bits per heavy atom. The minimum Gasteiger partial charge on any atom is -0.507 e. The van der Waals surface area contributed by atoms with Crippen molar-refractivity contribution in [3.8, 4) is 5.75 Å². The van der Waals surface area contributed by atoms with Crippen LogP contribution < -0.4 is 5.32 Å². The summed E-state index contributed by atoms with van der Waals surface area (Å²) >= 11 is 5.76. The van der Waals surface area contributed by atoms with Crippen molar-refractivity contribution in [3.63, 3.8) is 0 Å². The van der Waals surface area contributed by atoms with E-state index >= 15 is 0 Å². The summed E-state index contributed by atoms with van der Waals surface area (Å²) in [4.78, 5) is 34.9. The lowest BCUT2D eigenvalue weighted by Crippen LogP contribution is -2.19. The van der Waals surface area contributed by atoms with Crippen LogP contribution in [-0.4, -0.2) is 27.9 Å². The molecule has 2 aromatic rings. The Balaban J connectivity index is 2.55. The molecule has 0 aliphatic rings. The summed E-state index contributed by atoms with van der Waals surface area (Å²) in [5.41, 5.74) is -2.46. The molecule has 142 valence electrons. The third kappa shape index (κ3) is 4.98. The van der Waals surface area contributed by atoms with E-state index in [4.69, 9.17) is 16.7 Å². The molecule has 10 heteroatoms. The molecule has 0 saturated heterocycles. The minimum atomic E-state index is -4.77. The number of rotatable bonds is 5. The Bertz CT molecular complexity index is 927. The lowest BCUT2D eigenvalue weighted by molar-refractivity contribution is -0.140. The molecule has 0 bridgehead atoms. The molecule has 2 aromatic carbocycles. The Morgan fingerprint density at radius 1 is 1.04 bits per heavy atom. The first kappa shape index (κ1) is 20.2. The fraction of sp³-hybridized carbons (Fsp3) is 0.118. The Hall–Kier alpha value is -3.07. The SMILES string of the molecule is O=C(O)CC(=O)Nc1ccc(C(F)(F)F)cc1C(=O)c1cc(Cl)ccc1O. The van der Waals surface area contributed by atoms with Crippen LogP contribution in [0.5, 0.6) is 5.75 Å². The van der Waals surface area contributed by atoms with Gasteiger partial charge in [-0.3, -0.25) is 14.4 Å². The Morgan fingerprint density at radius 2 is 1.70 bits per heavy atom. The predicted octanol–water partition coefficient (Wildman–Crippen LogP) is 3.71. The molecule has 0 atom stereocenters. The number of carbonyl (C=O) groups is 3. The molecule has 0 fully saturated rings. The van der Waals surface area contributed by atoms with Gasteiger partial charge in [0.15, 0.2) is 5.78 Å². The highest BCUT2D eigenvalue weighted by atomic mass is 35.5. The van der Waals surface area contributed by atoms with E-state index in [-0.39, 0.29) is 16.3 Å². The van der Waals surface area contributed by atoms with E-state index in [2.05, 4.69) is 5.32 Å². The number of phenols is 1. The summed E-state index contributed by atoms with van der Waals surface area (Å²) in [5.74, 6) is -4.05. The number of benzene rings is 2. The first-order valence-corrected chi connectivity index (χ1v) is 7.63. The summed E-state index contributed by atoms with van der Waals surface area (Å²) in [5, 5.41) is 20.6. The van der Waals surface area contributed by atoms with Gasteiger partial charge in [-0.1, -0.05) is 11.6 Å². The first-order valence-electron chi connectivity index (χ1n) is 7.25. The van der Waals surface area contributed by atoms with Crippen LogP contribution in [0.3, 0.4) is 0 Å². The molecule has 0 heterocycles. The van der Waals surface area contributed by atoms with Crippen LogP contribution in [0.15, 0.2) is 36.4 Å². The second kappa shape index (κ2) is 7.67. The van der Waals surface area contributed by atoms with Gasteiger partial charge >= 0.3 is 12.1 Å². The van der Waals surface area contributed by atoms with Crippen molar-refractivity contribution in [2.75, 3.05) is 5.32 Å². The zero-order valence-electron chi connectivity index (χ0n) is 13.3. The molecular weight excluding hydrogens is 391 g/mol. The van der Waals surface area contributed by atoms with Gasteiger partial charge in [-0.15, -0.1) is 0 Å². The van der Waals surface area contributed by atoms with Crippen LogP contribution in [0.1, 0.15) is 27.9 Å². The summed E-state index contributed by atoms with van der Waals surface area (Å²) in [6.45, 7) is 0. The summed E-state index contributed by atoms with van der Waals surface area (Å²) in [7, 11) is 0. The maximum Gasteiger partial charge on any atom is 0.416 e. The highest BCUT2D eigenvalue weighted by Gasteiger charge is 2.32. The maximum absolute atomic E-state index is 13.0. The van der Waals surface area contributed by atoms with Gasteiger partial charge in [0.25, 0.3) is 0 Å². The number of hydrogen-bond donors (Lipinski definition) is 3. The van der Waals surface area contributed by atoms with Crippen molar-refractivity contribution in [2.45, 2.75) is 12.6 Å².